The van der Waals surface area contributed by atoms with Gasteiger partial charge in [0.25, 0.3) is 5.91 Å². The summed E-state index contributed by atoms with van der Waals surface area (Å²) in [4.78, 5) is 28.5. The van der Waals surface area contributed by atoms with Crippen LogP contribution in [0.15, 0.2) is 91.0 Å². The average molecular weight is 595 g/mol. The number of thioether (sulfide) groups is 1. The first-order chi connectivity index (χ1) is 16.5. The zero-order valence-electron chi connectivity index (χ0n) is 17.8. The van der Waals surface area contributed by atoms with Gasteiger partial charge in [-0.05, 0) is 61.7 Å². The molecule has 1 aliphatic heterocycles. The third-order valence-corrected chi connectivity index (χ3v) is 8.46. The molecular formula is C27H17Br2NO3S. The van der Waals surface area contributed by atoms with Crippen molar-refractivity contribution in [3.8, 4) is 0 Å². The number of fused-ring (bicyclic) bond motifs is 3. The van der Waals surface area contributed by atoms with Crippen molar-refractivity contribution >= 4 is 82.0 Å². The second-order valence-corrected chi connectivity index (χ2v) is 11.2. The Morgan fingerprint density at radius 2 is 1.59 bits per heavy atom. The minimum Gasteiger partial charge on any atom is -0.421 e. The van der Waals surface area contributed by atoms with Crippen LogP contribution in [0, 0.1) is 0 Å². The lowest BCUT2D eigenvalue weighted by atomic mass is 9.96. The van der Waals surface area contributed by atoms with Crippen LogP contribution in [0.4, 0.5) is 0 Å². The van der Waals surface area contributed by atoms with E-state index in [-0.39, 0.29) is 16.8 Å². The molecular weight excluding hydrogens is 578 g/mol. The Morgan fingerprint density at radius 1 is 0.912 bits per heavy atom. The average Bonchev–Trinajstić information content (AvgIpc) is 3.31. The third kappa shape index (κ3) is 3.58. The summed E-state index contributed by atoms with van der Waals surface area (Å²) in [7, 11) is 0. The van der Waals surface area contributed by atoms with Gasteiger partial charge in [0.15, 0.2) is 5.58 Å². The molecule has 0 aliphatic carbocycles. The minimum atomic E-state index is -0.626. The first-order valence-electron chi connectivity index (χ1n) is 10.8. The van der Waals surface area contributed by atoms with Crippen LogP contribution >= 0.6 is 43.6 Å². The molecule has 168 valence electrons. The van der Waals surface area contributed by atoms with Crippen LogP contribution in [0.25, 0.3) is 32.5 Å². The molecule has 7 heteroatoms. The number of carbonyl (C=O) groups is 1. The lowest BCUT2D eigenvalue weighted by molar-refractivity contribution is 0.0757. The second-order valence-electron chi connectivity index (χ2n) is 8.21. The van der Waals surface area contributed by atoms with Gasteiger partial charge in [-0.1, -0.05) is 64.5 Å². The van der Waals surface area contributed by atoms with Crippen molar-refractivity contribution in [1.82, 2.24) is 4.90 Å². The van der Waals surface area contributed by atoms with Crippen LogP contribution in [0.5, 0.6) is 0 Å². The molecule has 1 atom stereocenters. The molecule has 1 aliphatic rings. The highest BCUT2D eigenvalue weighted by atomic mass is 79.9. The molecule has 2 heterocycles. The highest BCUT2D eigenvalue weighted by Gasteiger charge is 2.35. The molecule has 0 saturated carbocycles. The second kappa shape index (κ2) is 8.56. The fraction of sp³-hybridized carbons (Fsp3) is 0.111. The van der Waals surface area contributed by atoms with Crippen molar-refractivity contribution in [3.63, 3.8) is 0 Å². The van der Waals surface area contributed by atoms with Crippen molar-refractivity contribution < 1.29 is 9.21 Å². The molecule has 1 amide bonds. The standard InChI is InChI=1S/C27H17Br2NO3S/c28-18-12-17-13-21(27(32)33-24(17)22(29)14-18)25(31)30-9-10-34-26(30)23-19-7-3-1-5-15(19)11-16-6-2-4-8-20(16)23/h1-8,11-14,26H,9-10H2/t26-/m1/s1. The van der Waals surface area contributed by atoms with E-state index in [2.05, 4.69) is 62.2 Å². The number of rotatable bonds is 2. The lowest BCUT2D eigenvalue weighted by Gasteiger charge is -2.26. The number of benzene rings is 4. The van der Waals surface area contributed by atoms with Gasteiger partial charge in [0, 0.05) is 27.7 Å². The largest absolute Gasteiger partial charge is 0.421 e. The van der Waals surface area contributed by atoms with Crippen molar-refractivity contribution in [2.45, 2.75) is 5.37 Å². The quantitative estimate of drug-likeness (QED) is 0.157. The van der Waals surface area contributed by atoms with Crippen molar-refractivity contribution in [1.29, 1.82) is 0 Å². The van der Waals surface area contributed by atoms with E-state index in [1.54, 1.807) is 17.8 Å². The summed E-state index contributed by atoms with van der Waals surface area (Å²) >= 11 is 8.63. The summed E-state index contributed by atoms with van der Waals surface area (Å²) < 4.78 is 7.05. The summed E-state index contributed by atoms with van der Waals surface area (Å²) in [6.45, 7) is 0.561. The van der Waals surface area contributed by atoms with E-state index in [1.165, 1.54) is 0 Å². The van der Waals surface area contributed by atoms with Gasteiger partial charge >= 0.3 is 5.63 Å². The van der Waals surface area contributed by atoms with Gasteiger partial charge in [0.05, 0.1) is 4.47 Å². The molecule has 4 nitrogen and oxygen atoms in total. The Hall–Kier alpha value is -2.61. The van der Waals surface area contributed by atoms with E-state index in [9.17, 15) is 9.59 Å². The number of amides is 1. The van der Waals surface area contributed by atoms with E-state index in [0.29, 0.717) is 22.0 Å². The summed E-state index contributed by atoms with van der Waals surface area (Å²) in [5.74, 6) is 0.489. The lowest BCUT2D eigenvalue weighted by Crippen LogP contribution is -2.33. The maximum absolute atomic E-state index is 13.8. The number of hydrogen-bond donors (Lipinski definition) is 0. The predicted molar refractivity (Wildman–Crippen MR) is 146 cm³/mol. The third-order valence-electron chi connectivity index (χ3n) is 6.19. The Balaban J connectivity index is 1.51. The highest BCUT2D eigenvalue weighted by Crippen LogP contribution is 2.45. The fourth-order valence-electron chi connectivity index (χ4n) is 4.69. The van der Waals surface area contributed by atoms with Crippen molar-refractivity contribution in [2.75, 3.05) is 12.3 Å². The monoisotopic (exact) mass is 593 g/mol. The van der Waals surface area contributed by atoms with Crippen LogP contribution in [0.2, 0.25) is 0 Å². The predicted octanol–water partition coefficient (Wildman–Crippen LogP) is 7.51. The molecule has 4 aromatic carbocycles. The molecule has 0 radical (unpaired) electrons. The molecule has 0 bridgehead atoms. The first kappa shape index (κ1) is 21.9. The molecule has 0 spiro atoms. The van der Waals surface area contributed by atoms with Gasteiger partial charge in [-0.15, -0.1) is 11.8 Å². The Bertz CT molecular complexity index is 1630. The van der Waals surface area contributed by atoms with Crippen LogP contribution in [-0.2, 0) is 0 Å². The van der Waals surface area contributed by atoms with Crippen molar-refractivity contribution in [2.24, 2.45) is 0 Å². The zero-order chi connectivity index (χ0) is 23.4. The van der Waals surface area contributed by atoms with Crippen LogP contribution in [0.1, 0.15) is 21.3 Å². The van der Waals surface area contributed by atoms with Crippen LogP contribution in [0.3, 0.4) is 0 Å². The van der Waals surface area contributed by atoms with E-state index in [0.717, 1.165) is 37.3 Å². The molecule has 34 heavy (non-hydrogen) atoms. The topological polar surface area (TPSA) is 50.5 Å². The highest BCUT2D eigenvalue weighted by molar-refractivity contribution is 9.11. The number of hydrogen-bond acceptors (Lipinski definition) is 4. The maximum Gasteiger partial charge on any atom is 0.349 e. The summed E-state index contributed by atoms with van der Waals surface area (Å²) in [5.41, 5.74) is 0.964. The van der Waals surface area contributed by atoms with Gasteiger partial charge in [-0.3, -0.25) is 4.79 Å². The van der Waals surface area contributed by atoms with Gasteiger partial charge in [-0.2, -0.15) is 0 Å². The molecule has 0 unspecified atom stereocenters. The minimum absolute atomic E-state index is 0.0505. The van der Waals surface area contributed by atoms with E-state index in [1.807, 2.05) is 41.3 Å². The van der Waals surface area contributed by atoms with Gasteiger partial charge < -0.3 is 9.32 Å². The first-order valence-corrected chi connectivity index (χ1v) is 13.4. The number of halogens is 2. The molecule has 1 aromatic heterocycles. The number of nitrogens with zero attached hydrogens (tertiary/aromatic N) is 1. The molecule has 1 saturated heterocycles. The molecule has 5 aromatic rings. The van der Waals surface area contributed by atoms with E-state index in [4.69, 9.17) is 4.42 Å². The van der Waals surface area contributed by atoms with Gasteiger partial charge in [-0.25, -0.2) is 4.79 Å². The Labute approximate surface area is 216 Å². The normalized spacial score (nSPS) is 16.1. The maximum atomic E-state index is 13.8. The summed E-state index contributed by atoms with van der Waals surface area (Å²) in [5, 5.41) is 5.00. The Kier molecular flexibility index (Phi) is 5.51. The zero-order valence-corrected chi connectivity index (χ0v) is 21.7. The van der Waals surface area contributed by atoms with Gasteiger partial charge in [0.2, 0.25) is 0 Å². The number of carbonyl (C=O) groups excluding carboxylic acids is 1. The van der Waals surface area contributed by atoms with Crippen LogP contribution < -0.4 is 5.63 Å². The summed E-state index contributed by atoms with van der Waals surface area (Å²) in [6, 6.07) is 24.0. The molecule has 0 N–H and O–H groups in total. The van der Waals surface area contributed by atoms with Gasteiger partial charge in [0.1, 0.15) is 10.9 Å². The van der Waals surface area contributed by atoms with Crippen LogP contribution in [-0.4, -0.2) is 23.1 Å². The smallest absolute Gasteiger partial charge is 0.349 e. The Morgan fingerprint density at radius 3 is 2.29 bits per heavy atom. The molecule has 1 fully saturated rings. The summed E-state index contributed by atoms with van der Waals surface area (Å²) in [6.07, 6.45) is 0. The SMILES string of the molecule is O=C(c1cc2cc(Br)cc(Br)c2oc1=O)N1CCS[C@@H]1c1c2ccccc2cc2ccccc12. The van der Waals surface area contributed by atoms with Crippen molar-refractivity contribution in [3.05, 3.63) is 103 Å². The fourth-order valence-corrected chi connectivity index (χ4v) is 7.36. The molecule has 6 rings (SSSR count). The van der Waals surface area contributed by atoms with E-state index < -0.39 is 5.63 Å². The van der Waals surface area contributed by atoms with E-state index >= 15 is 0 Å².